The van der Waals surface area contributed by atoms with Crippen molar-refractivity contribution in [3.05, 3.63) is 0 Å². The Hall–Kier alpha value is -0.610. The van der Waals surface area contributed by atoms with Gasteiger partial charge >= 0.3 is 5.97 Å². The Kier molecular flexibility index (Phi) is 5.05. The summed E-state index contributed by atoms with van der Waals surface area (Å²) in [6.45, 7) is 1.79. The van der Waals surface area contributed by atoms with Crippen LogP contribution in [-0.4, -0.2) is 36.9 Å². The smallest absolute Gasteiger partial charge is 0.303 e. The minimum atomic E-state index is -0.706. The molecule has 0 aliphatic heterocycles. The van der Waals surface area contributed by atoms with Gasteiger partial charge in [-0.2, -0.15) is 0 Å². The van der Waals surface area contributed by atoms with E-state index in [9.17, 15) is 4.79 Å². The Bertz CT molecular complexity index is 196. The molecule has 0 aromatic heterocycles. The first-order valence-electron chi connectivity index (χ1n) is 5.66. The van der Waals surface area contributed by atoms with Crippen LogP contribution in [0.5, 0.6) is 0 Å². The standard InChI is InChI=1S/C11H21NO3/c1-15-11(6-4-7-11)9-12-8-3-2-5-10(13)14/h12H,2-9H2,1H3,(H,13,14). The highest BCUT2D eigenvalue weighted by Crippen LogP contribution is 2.34. The van der Waals surface area contributed by atoms with Gasteiger partial charge < -0.3 is 15.2 Å². The number of aliphatic carboxylic acids is 1. The maximum Gasteiger partial charge on any atom is 0.303 e. The molecule has 1 rings (SSSR count). The molecule has 1 saturated carbocycles. The van der Waals surface area contributed by atoms with Gasteiger partial charge in [-0.15, -0.1) is 0 Å². The third-order valence-corrected chi connectivity index (χ3v) is 3.14. The number of carbonyl (C=O) groups is 1. The van der Waals surface area contributed by atoms with Gasteiger partial charge in [0.1, 0.15) is 0 Å². The van der Waals surface area contributed by atoms with E-state index >= 15 is 0 Å². The fourth-order valence-electron chi connectivity index (χ4n) is 1.87. The number of unbranched alkanes of at least 4 members (excludes halogenated alkanes) is 1. The summed E-state index contributed by atoms with van der Waals surface area (Å²) in [5.41, 5.74) is 0.0762. The highest BCUT2D eigenvalue weighted by Gasteiger charge is 2.36. The van der Waals surface area contributed by atoms with Crippen molar-refractivity contribution in [1.29, 1.82) is 0 Å². The Morgan fingerprint density at radius 3 is 2.67 bits per heavy atom. The summed E-state index contributed by atoms with van der Waals surface area (Å²) in [6, 6.07) is 0. The average Bonchev–Trinajstić information content (AvgIpc) is 2.14. The van der Waals surface area contributed by atoms with Gasteiger partial charge in [0.15, 0.2) is 0 Å². The zero-order valence-corrected chi connectivity index (χ0v) is 9.42. The molecule has 0 radical (unpaired) electrons. The lowest BCUT2D eigenvalue weighted by atomic mass is 9.80. The summed E-state index contributed by atoms with van der Waals surface area (Å²) >= 11 is 0. The van der Waals surface area contributed by atoms with Crippen molar-refractivity contribution in [2.75, 3.05) is 20.2 Å². The van der Waals surface area contributed by atoms with Crippen LogP contribution in [0.25, 0.3) is 0 Å². The number of ether oxygens (including phenoxy) is 1. The highest BCUT2D eigenvalue weighted by atomic mass is 16.5. The summed E-state index contributed by atoms with van der Waals surface area (Å²) in [6.07, 6.45) is 5.50. The number of carboxylic acids is 1. The van der Waals surface area contributed by atoms with Crippen molar-refractivity contribution in [1.82, 2.24) is 5.32 Å². The van der Waals surface area contributed by atoms with Gasteiger partial charge in [-0.3, -0.25) is 4.79 Å². The van der Waals surface area contributed by atoms with E-state index in [4.69, 9.17) is 9.84 Å². The molecule has 0 aromatic rings. The molecular formula is C11H21NO3. The number of hydrogen-bond donors (Lipinski definition) is 2. The summed E-state index contributed by atoms with van der Waals surface area (Å²) in [5, 5.41) is 11.8. The van der Waals surface area contributed by atoms with Crippen LogP contribution in [0, 0.1) is 0 Å². The average molecular weight is 215 g/mol. The lowest BCUT2D eigenvalue weighted by Crippen LogP contribution is -2.48. The zero-order valence-electron chi connectivity index (χ0n) is 9.42. The molecular weight excluding hydrogens is 194 g/mol. The molecule has 0 unspecified atom stereocenters. The third kappa shape index (κ3) is 4.18. The topological polar surface area (TPSA) is 58.6 Å². The fraction of sp³-hybridized carbons (Fsp3) is 0.909. The molecule has 0 aromatic carbocycles. The molecule has 0 saturated heterocycles. The van der Waals surface area contributed by atoms with Gasteiger partial charge in [0.2, 0.25) is 0 Å². The van der Waals surface area contributed by atoms with Crippen LogP contribution in [0.2, 0.25) is 0 Å². The Morgan fingerprint density at radius 1 is 1.47 bits per heavy atom. The van der Waals surface area contributed by atoms with E-state index in [2.05, 4.69) is 5.32 Å². The third-order valence-electron chi connectivity index (χ3n) is 3.14. The van der Waals surface area contributed by atoms with Crippen LogP contribution >= 0.6 is 0 Å². The Balaban J connectivity index is 1.94. The predicted molar refractivity (Wildman–Crippen MR) is 57.9 cm³/mol. The number of rotatable bonds is 8. The van der Waals surface area contributed by atoms with Gasteiger partial charge in [0, 0.05) is 20.1 Å². The minimum absolute atomic E-state index is 0.0762. The predicted octanol–water partition coefficient (Wildman–Crippen LogP) is 1.40. The Morgan fingerprint density at radius 2 is 2.20 bits per heavy atom. The first-order valence-corrected chi connectivity index (χ1v) is 5.66. The van der Waals surface area contributed by atoms with E-state index < -0.39 is 5.97 Å². The number of carboxylic acid groups (broad SMARTS) is 1. The zero-order chi connectivity index (χ0) is 11.1. The molecule has 0 heterocycles. The normalized spacial score (nSPS) is 18.5. The molecule has 4 heteroatoms. The van der Waals surface area contributed by atoms with Crippen LogP contribution in [0.15, 0.2) is 0 Å². The first-order chi connectivity index (χ1) is 7.18. The van der Waals surface area contributed by atoms with Gasteiger partial charge in [-0.05, 0) is 38.6 Å². The summed E-state index contributed by atoms with van der Waals surface area (Å²) in [5.74, 6) is -0.706. The van der Waals surface area contributed by atoms with E-state index in [1.807, 2.05) is 0 Å². The fourth-order valence-corrected chi connectivity index (χ4v) is 1.87. The van der Waals surface area contributed by atoms with Crippen LogP contribution in [0.4, 0.5) is 0 Å². The van der Waals surface area contributed by atoms with Crippen molar-refractivity contribution >= 4 is 5.97 Å². The van der Waals surface area contributed by atoms with Crippen LogP contribution in [-0.2, 0) is 9.53 Å². The van der Waals surface area contributed by atoms with E-state index in [-0.39, 0.29) is 12.0 Å². The molecule has 1 aliphatic rings. The Labute approximate surface area is 91.0 Å². The quantitative estimate of drug-likeness (QED) is 0.601. The van der Waals surface area contributed by atoms with E-state index in [1.54, 1.807) is 7.11 Å². The van der Waals surface area contributed by atoms with E-state index in [0.717, 1.165) is 38.8 Å². The van der Waals surface area contributed by atoms with Crippen molar-refractivity contribution in [3.63, 3.8) is 0 Å². The summed E-state index contributed by atoms with van der Waals surface area (Å²) in [4.78, 5) is 10.3. The minimum Gasteiger partial charge on any atom is -0.481 e. The van der Waals surface area contributed by atoms with Crippen molar-refractivity contribution in [3.8, 4) is 0 Å². The van der Waals surface area contributed by atoms with Gasteiger partial charge in [0.25, 0.3) is 0 Å². The highest BCUT2D eigenvalue weighted by molar-refractivity contribution is 5.66. The van der Waals surface area contributed by atoms with Gasteiger partial charge in [-0.25, -0.2) is 0 Å². The molecule has 1 fully saturated rings. The summed E-state index contributed by atoms with van der Waals surface area (Å²) in [7, 11) is 1.77. The number of hydrogen-bond acceptors (Lipinski definition) is 3. The maximum absolute atomic E-state index is 10.3. The second-order valence-corrected chi connectivity index (χ2v) is 4.27. The second-order valence-electron chi connectivity index (χ2n) is 4.27. The molecule has 2 N–H and O–H groups in total. The molecule has 0 spiro atoms. The van der Waals surface area contributed by atoms with E-state index in [0.29, 0.717) is 0 Å². The number of nitrogens with one attached hydrogen (secondary N) is 1. The monoisotopic (exact) mass is 215 g/mol. The van der Waals surface area contributed by atoms with Gasteiger partial charge in [0.05, 0.1) is 5.60 Å². The van der Waals surface area contributed by atoms with Crippen molar-refractivity contribution in [2.45, 2.75) is 44.1 Å². The van der Waals surface area contributed by atoms with Crippen molar-refractivity contribution < 1.29 is 14.6 Å². The SMILES string of the molecule is COC1(CNCCCCC(=O)O)CCC1. The van der Waals surface area contributed by atoms with Crippen LogP contribution < -0.4 is 5.32 Å². The second kappa shape index (κ2) is 6.08. The molecule has 88 valence electrons. The van der Waals surface area contributed by atoms with E-state index in [1.165, 1.54) is 6.42 Å². The lowest BCUT2D eigenvalue weighted by molar-refractivity contribution is -0.137. The maximum atomic E-state index is 10.3. The molecule has 15 heavy (non-hydrogen) atoms. The molecule has 0 amide bonds. The lowest BCUT2D eigenvalue weighted by Gasteiger charge is -2.40. The molecule has 1 aliphatic carbocycles. The molecule has 0 bridgehead atoms. The number of methoxy groups -OCH3 is 1. The largest absolute Gasteiger partial charge is 0.481 e. The van der Waals surface area contributed by atoms with Crippen molar-refractivity contribution in [2.24, 2.45) is 0 Å². The summed E-state index contributed by atoms with van der Waals surface area (Å²) < 4.78 is 5.46. The molecule has 4 nitrogen and oxygen atoms in total. The molecule has 0 atom stereocenters. The van der Waals surface area contributed by atoms with Crippen LogP contribution in [0.3, 0.4) is 0 Å². The van der Waals surface area contributed by atoms with Crippen LogP contribution in [0.1, 0.15) is 38.5 Å². The first kappa shape index (κ1) is 12.5. The van der Waals surface area contributed by atoms with Gasteiger partial charge in [-0.1, -0.05) is 0 Å².